The van der Waals surface area contributed by atoms with Crippen molar-refractivity contribution in [2.24, 2.45) is 0 Å². The topological polar surface area (TPSA) is 17.1 Å². The predicted molar refractivity (Wildman–Crippen MR) is 56.9 cm³/mol. The molecule has 0 aliphatic rings. The lowest BCUT2D eigenvalue weighted by atomic mass is 10.1. The van der Waals surface area contributed by atoms with Crippen LogP contribution in [0.15, 0.2) is 0 Å². The second-order valence-electron chi connectivity index (χ2n) is 3.22. The van der Waals surface area contributed by atoms with Gasteiger partial charge in [-0.25, -0.2) is 0 Å². The van der Waals surface area contributed by atoms with Gasteiger partial charge in [-0.2, -0.15) is 0 Å². The molecule has 2 atom stereocenters. The summed E-state index contributed by atoms with van der Waals surface area (Å²) < 4.78 is 11.5. The van der Waals surface area contributed by atoms with Gasteiger partial charge in [0.1, 0.15) is 0 Å². The molecule has 0 heterocycles. The van der Waals surface area contributed by atoms with E-state index < -0.39 is 10.8 Å². The molecule has 0 aromatic carbocycles. The van der Waals surface area contributed by atoms with Crippen LogP contribution in [0.25, 0.3) is 0 Å². The zero-order valence-corrected chi connectivity index (χ0v) is 9.45. The van der Waals surface area contributed by atoms with Crippen LogP contribution >= 0.6 is 0 Å². The minimum absolute atomic E-state index is 0.472. The van der Waals surface area contributed by atoms with E-state index in [1.807, 2.05) is 6.92 Å². The van der Waals surface area contributed by atoms with E-state index in [0.29, 0.717) is 5.25 Å². The van der Waals surface area contributed by atoms with Gasteiger partial charge in [0.05, 0.1) is 0 Å². The molecular weight excluding hydrogens is 168 g/mol. The normalized spacial score (nSPS) is 15.9. The third kappa shape index (κ3) is 4.91. The average molecular weight is 190 g/mol. The lowest BCUT2D eigenvalue weighted by molar-refractivity contribution is 0.606. The Bertz CT molecular complexity index is 123. The van der Waals surface area contributed by atoms with Crippen molar-refractivity contribution in [1.29, 1.82) is 0 Å². The molecule has 12 heavy (non-hydrogen) atoms. The summed E-state index contributed by atoms with van der Waals surface area (Å²) in [6.45, 7) is 6.38. The fourth-order valence-electron chi connectivity index (χ4n) is 1.40. The van der Waals surface area contributed by atoms with Crippen LogP contribution in [0.3, 0.4) is 0 Å². The smallest absolute Gasteiger partial charge is 0.0347 e. The zero-order chi connectivity index (χ0) is 9.40. The molecule has 0 radical (unpaired) electrons. The summed E-state index contributed by atoms with van der Waals surface area (Å²) in [6.07, 6.45) is 5.92. The third-order valence-corrected chi connectivity index (χ3v) is 3.93. The van der Waals surface area contributed by atoms with E-state index in [9.17, 15) is 4.21 Å². The molecule has 0 fully saturated rings. The van der Waals surface area contributed by atoms with Crippen molar-refractivity contribution in [1.82, 2.24) is 0 Å². The summed E-state index contributed by atoms with van der Waals surface area (Å²) >= 11 is 0. The highest BCUT2D eigenvalue weighted by Gasteiger charge is 2.12. The first kappa shape index (κ1) is 12.2. The standard InChI is InChI=1S/C10H22OS/c1-4-7-9-10(8-5-2)12(11)6-3/h10H,4-9H2,1-3H3. The quantitative estimate of drug-likeness (QED) is 0.603. The van der Waals surface area contributed by atoms with Crippen molar-refractivity contribution >= 4 is 10.8 Å². The van der Waals surface area contributed by atoms with Gasteiger partial charge >= 0.3 is 0 Å². The molecule has 0 rings (SSSR count). The molecule has 0 aromatic heterocycles. The monoisotopic (exact) mass is 190 g/mol. The van der Waals surface area contributed by atoms with Crippen LogP contribution in [0, 0.1) is 0 Å². The fraction of sp³-hybridized carbons (Fsp3) is 1.00. The largest absolute Gasteiger partial charge is 0.259 e. The highest BCUT2D eigenvalue weighted by Crippen LogP contribution is 2.13. The Labute approximate surface area is 79.4 Å². The SMILES string of the molecule is CCCCC(CCC)S(=O)CC. The number of rotatable bonds is 7. The summed E-state index contributed by atoms with van der Waals surface area (Å²) in [6, 6.07) is 0. The van der Waals surface area contributed by atoms with Gasteiger partial charge in [-0.3, -0.25) is 4.21 Å². The Morgan fingerprint density at radius 1 is 1.08 bits per heavy atom. The Morgan fingerprint density at radius 3 is 2.17 bits per heavy atom. The highest BCUT2D eigenvalue weighted by molar-refractivity contribution is 7.85. The van der Waals surface area contributed by atoms with Gasteiger partial charge in [0.2, 0.25) is 0 Å². The van der Waals surface area contributed by atoms with Gasteiger partial charge in [-0.05, 0) is 12.8 Å². The highest BCUT2D eigenvalue weighted by atomic mass is 32.2. The molecular formula is C10H22OS. The molecule has 0 saturated carbocycles. The number of unbranched alkanes of at least 4 members (excludes halogenated alkanes) is 1. The van der Waals surface area contributed by atoms with Gasteiger partial charge < -0.3 is 0 Å². The van der Waals surface area contributed by atoms with Crippen molar-refractivity contribution in [3.8, 4) is 0 Å². The van der Waals surface area contributed by atoms with Gasteiger partial charge in [0.15, 0.2) is 0 Å². The lowest BCUT2D eigenvalue weighted by Crippen LogP contribution is -2.16. The first-order valence-electron chi connectivity index (χ1n) is 5.13. The van der Waals surface area contributed by atoms with E-state index in [0.717, 1.165) is 18.6 Å². The molecule has 0 aliphatic heterocycles. The minimum atomic E-state index is -0.566. The van der Waals surface area contributed by atoms with Gasteiger partial charge in [-0.15, -0.1) is 0 Å². The zero-order valence-electron chi connectivity index (χ0n) is 8.64. The first-order chi connectivity index (χ1) is 5.76. The van der Waals surface area contributed by atoms with E-state index >= 15 is 0 Å². The summed E-state index contributed by atoms with van der Waals surface area (Å²) in [5.41, 5.74) is 0. The maximum absolute atomic E-state index is 11.5. The maximum Gasteiger partial charge on any atom is 0.0347 e. The summed E-state index contributed by atoms with van der Waals surface area (Å²) in [4.78, 5) is 0. The molecule has 0 saturated heterocycles. The lowest BCUT2D eigenvalue weighted by Gasteiger charge is -2.13. The maximum atomic E-state index is 11.5. The number of hydrogen-bond donors (Lipinski definition) is 0. The average Bonchev–Trinajstić information content (AvgIpc) is 2.11. The van der Waals surface area contributed by atoms with Crippen LogP contribution in [0.1, 0.15) is 52.9 Å². The molecule has 0 aliphatic carbocycles. The molecule has 1 nitrogen and oxygen atoms in total. The Kier molecular flexibility index (Phi) is 7.88. The van der Waals surface area contributed by atoms with Crippen LogP contribution in [-0.4, -0.2) is 15.2 Å². The van der Waals surface area contributed by atoms with Crippen LogP contribution < -0.4 is 0 Å². The van der Waals surface area contributed by atoms with Crippen molar-refractivity contribution < 1.29 is 4.21 Å². The summed E-state index contributed by atoms with van der Waals surface area (Å²) in [7, 11) is -0.566. The summed E-state index contributed by atoms with van der Waals surface area (Å²) in [5.74, 6) is 0.828. The van der Waals surface area contributed by atoms with E-state index in [4.69, 9.17) is 0 Å². The fourth-order valence-corrected chi connectivity index (χ4v) is 2.80. The Morgan fingerprint density at radius 2 is 1.75 bits per heavy atom. The van der Waals surface area contributed by atoms with Crippen LogP contribution in [0.4, 0.5) is 0 Å². The molecule has 2 unspecified atom stereocenters. The van der Waals surface area contributed by atoms with Crippen LogP contribution in [-0.2, 0) is 10.8 Å². The van der Waals surface area contributed by atoms with Gasteiger partial charge in [0, 0.05) is 21.8 Å². The molecule has 0 N–H and O–H groups in total. The Hall–Kier alpha value is 0.150. The van der Waals surface area contributed by atoms with Gasteiger partial charge in [0.25, 0.3) is 0 Å². The molecule has 74 valence electrons. The second kappa shape index (κ2) is 7.78. The number of hydrogen-bond acceptors (Lipinski definition) is 1. The Balaban J connectivity index is 3.76. The molecule has 2 heteroatoms. The van der Waals surface area contributed by atoms with Gasteiger partial charge in [-0.1, -0.05) is 40.0 Å². The summed E-state index contributed by atoms with van der Waals surface area (Å²) in [5, 5.41) is 0.472. The predicted octanol–water partition coefficient (Wildman–Crippen LogP) is 3.11. The minimum Gasteiger partial charge on any atom is -0.259 e. The molecule has 0 aromatic rings. The molecule has 0 amide bonds. The second-order valence-corrected chi connectivity index (χ2v) is 5.23. The first-order valence-corrected chi connectivity index (χ1v) is 6.51. The van der Waals surface area contributed by atoms with Crippen LogP contribution in [0.5, 0.6) is 0 Å². The van der Waals surface area contributed by atoms with Crippen molar-refractivity contribution in [2.75, 3.05) is 5.75 Å². The van der Waals surface area contributed by atoms with E-state index in [2.05, 4.69) is 13.8 Å². The van der Waals surface area contributed by atoms with Crippen molar-refractivity contribution in [3.05, 3.63) is 0 Å². The van der Waals surface area contributed by atoms with Crippen molar-refractivity contribution in [3.63, 3.8) is 0 Å². The van der Waals surface area contributed by atoms with Crippen LogP contribution in [0.2, 0.25) is 0 Å². The van der Waals surface area contributed by atoms with E-state index in [1.165, 1.54) is 19.3 Å². The van der Waals surface area contributed by atoms with Crippen molar-refractivity contribution in [2.45, 2.75) is 58.1 Å². The molecule has 0 bridgehead atoms. The van der Waals surface area contributed by atoms with E-state index in [1.54, 1.807) is 0 Å². The van der Waals surface area contributed by atoms with E-state index in [-0.39, 0.29) is 0 Å². The third-order valence-electron chi connectivity index (χ3n) is 2.15. The molecule has 0 spiro atoms.